The highest BCUT2D eigenvalue weighted by molar-refractivity contribution is 6.09. The Hall–Kier alpha value is -3.84. The SMILES string of the molecule is Cc1cccc(NC(=O)/C(C#N)=C\c2cccc(Oc3ccccc3)c2)c1. The first-order valence-corrected chi connectivity index (χ1v) is 8.47. The van der Waals surface area contributed by atoms with Crippen molar-refractivity contribution in [2.75, 3.05) is 5.32 Å². The third-order valence-electron chi connectivity index (χ3n) is 3.79. The van der Waals surface area contributed by atoms with E-state index in [2.05, 4.69) is 5.32 Å². The van der Waals surface area contributed by atoms with Gasteiger partial charge in [-0.1, -0.05) is 42.5 Å². The molecule has 3 aromatic rings. The van der Waals surface area contributed by atoms with Gasteiger partial charge in [-0.25, -0.2) is 0 Å². The lowest BCUT2D eigenvalue weighted by Crippen LogP contribution is -2.13. The van der Waals surface area contributed by atoms with Crippen LogP contribution in [0.15, 0.2) is 84.4 Å². The molecule has 0 saturated carbocycles. The molecule has 1 N–H and O–H groups in total. The van der Waals surface area contributed by atoms with Crippen LogP contribution >= 0.6 is 0 Å². The summed E-state index contributed by atoms with van der Waals surface area (Å²) in [7, 11) is 0. The van der Waals surface area contributed by atoms with Crippen LogP contribution in [-0.2, 0) is 4.79 Å². The van der Waals surface area contributed by atoms with Crippen molar-refractivity contribution in [1.82, 2.24) is 0 Å². The van der Waals surface area contributed by atoms with Gasteiger partial charge in [0, 0.05) is 5.69 Å². The minimum absolute atomic E-state index is 0.0216. The van der Waals surface area contributed by atoms with Crippen molar-refractivity contribution < 1.29 is 9.53 Å². The van der Waals surface area contributed by atoms with E-state index in [-0.39, 0.29) is 5.57 Å². The smallest absolute Gasteiger partial charge is 0.266 e. The van der Waals surface area contributed by atoms with E-state index in [0.717, 1.165) is 11.3 Å². The van der Waals surface area contributed by atoms with Gasteiger partial charge in [-0.15, -0.1) is 0 Å². The van der Waals surface area contributed by atoms with Crippen LogP contribution in [0.5, 0.6) is 11.5 Å². The first-order valence-electron chi connectivity index (χ1n) is 8.47. The van der Waals surface area contributed by atoms with Crippen LogP contribution < -0.4 is 10.1 Å². The molecule has 0 aromatic heterocycles. The topological polar surface area (TPSA) is 62.1 Å². The molecule has 4 nitrogen and oxygen atoms in total. The molecule has 0 radical (unpaired) electrons. The highest BCUT2D eigenvalue weighted by Gasteiger charge is 2.10. The highest BCUT2D eigenvalue weighted by Crippen LogP contribution is 2.23. The Morgan fingerprint density at radius 2 is 1.70 bits per heavy atom. The number of para-hydroxylation sites is 1. The standard InChI is InChI=1S/C23H18N2O2/c1-17-7-5-9-20(13-17)25-23(26)19(16-24)14-18-8-6-12-22(15-18)27-21-10-3-2-4-11-21/h2-15H,1H3,(H,25,26)/b19-14-. The van der Waals surface area contributed by atoms with Crippen molar-refractivity contribution in [2.24, 2.45) is 0 Å². The molecule has 3 rings (SSSR count). The predicted molar refractivity (Wildman–Crippen MR) is 106 cm³/mol. The zero-order valence-corrected chi connectivity index (χ0v) is 14.8. The van der Waals surface area contributed by atoms with Crippen molar-refractivity contribution in [3.05, 3.63) is 95.6 Å². The van der Waals surface area contributed by atoms with Crippen LogP contribution in [0.2, 0.25) is 0 Å². The summed E-state index contributed by atoms with van der Waals surface area (Å²) in [5, 5.41) is 12.1. The molecule has 3 aromatic carbocycles. The predicted octanol–water partition coefficient (Wildman–Crippen LogP) is 5.33. The lowest BCUT2D eigenvalue weighted by atomic mass is 10.1. The van der Waals surface area contributed by atoms with Crippen LogP contribution in [0.4, 0.5) is 5.69 Å². The fourth-order valence-electron chi connectivity index (χ4n) is 2.53. The number of nitrogens with zero attached hydrogens (tertiary/aromatic N) is 1. The van der Waals surface area contributed by atoms with Gasteiger partial charge in [0.05, 0.1) is 0 Å². The molecule has 0 aliphatic heterocycles. The molecule has 1 amide bonds. The number of aryl methyl sites for hydroxylation is 1. The summed E-state index contributed by atoms with van der Waals surface area (Å²) in [5.41, 5.74) is 2.41. The van der Waals surface area contributed by atoms with Crippen molar-refractivity contribution in [2.45, 2.75) is 6.92 Å². The summed E-state index contributed by atoms with van der Waals surface area (Å²) in [6.45, 7) is 1.94. The van der Waals surface area contributed by atoms with E-state index >= 15 is 0 Å². The second kappa shape index (κ2) is 8.50. The molecule has 4 heteroatoms. The monoisotopic (exact) mass is 354 g/mol. The number of hydrogen-bond donors (Lipinski definition) is 1. The van der Waals surface area contributed by atoms with Gasteiger partial charge in [-0.2, -0.15) is 5.26 Å². The average Bonchev–Trinajstić information content (AvgIpc) is 2.67. The lowest BCUT2D eigenvalue weighted by Gasteiger charge is -2.07. The van der Waals surface area contributed by atoms with Gasteiger partial charge in [0.15, 0.2) is 0 Å². The number of anilines is 1. The lowest BCUT2D eigenvalue weighted by molar-refractivity contribution is -0.112. The van der Waals surface area contributed by atoms with Gasteiger partial charge in [0.1, 0.15) is 23.1 Å². The maximum absolute atomic E-state index is 12.4. The first-order chi connectivity index (χ1) is 13.1. The largest absolute Gasteiger partial charge is 0.457 e. The fraction of sp³-hybridized carbons (Fsp3) is 0.0435. The normalized spacial score (nSPS) is 10.7. The molecule has 0 atom stereocenters. The Balaban J connectivity index is 1.78. The molecular formula is C23H18N2O2. The molecule has 0 aliphatic carbocycles. The summed E-state index contributed by atoms with van der Waals surface area (Å²) in [5.74, 6) is 0.903. The summed E-state index contributed by atoms with van der Waals surface area (Å²) >= 11 is 0. The van der Waals surface area contributed by atoms with Crippen LogP contribution in [0.1, 0.15) is 11.1 Å². The average molecular weight is 354 g/mol. The third-order valence-corrected chi connectivity index (χ3v) is 3.79. The van der Waals surface area contributed by atoms with Gasteiger partial charge >= 0.3 is 0 Å². The number of hydrogen-bond acceptors (Lipinski definition) is 3. The first kappa shape index (κ1) is 18.0. The Morgan fingerprint density at radius 1 is 0.963 bits per heavy atom. The summed E-state index contributed by atoms with van der Waals surface area (Å²) in [6.07, 6.45) is 1.54. The zero-order chi connectivity index (χ0) is 19.1. The van der Waals surface area contributed by atoms with E-state index in [1.165, 1.54) is 0 Å². The van der Waals surface area contributed by atoms with E-state index in [1.54, 1.807) is 18.2 Å². The second-order valence-electron chi connectivity index (χ2n) is 5.98. The van der Waals surface area contributed by atoms with Gasteiger partial charge in [0.25, 0.3) is 5.91 Å². The van der Waals surface area contributed by atoms with Gasteiger partial charge < -0.3 is 10.1 Å². The van der Waals surface area contributed by atoms with Gasteiger partial charge in [-0.3, -0.25) is 4.79 Å². The number of nitrogens with one attached hydrogen (secondary N) is 1. The van der Waals surface area contributed by atoms with Crippen LogP contribution in [0, 0.1) is 18.3 Å². The number of carbonyl (C=O) groups excluding carboxylic acids is 1. The molecule has 0 saturated heterocycles. The molecule has 0 aliphatic rings. The van der Waals surface area contributed by atoms with Crippen LogP contribution in [0.3, 0.4) is 0 Å². The molecular weight excluding hydrogens is 336 g/mol. The number of rotatable bonds is 5. The van der Waals surface area contributed by atoms with Crippen LogP contribution in [0.25, 0.3) is 6.08 Å². The van der Waals surface area contributed by atoms with Crippen molar-refractivity contribution in [3.8, 4) is 17.6 Å². The summed E-state index contributed by atoms with van der Waals surface area (Å²) < 4.78 is 5.79. The third kappa shape index (κ3) is 5.07. The van der Waals surface area contributed by atoms with Gasteiger partial charge in [0.2, 0.25) is 0 Å². The number of nitriles is 1. The Kier molecular flexibility index (Phi) is 5.66. The van der Waals surface area contributed by atoms with Crippen molar-refractivity contribution >= 4 is 17.7 Å². The number of ether oxygens (including phenoxy) is 1. The maximum Gasteiger partial charge on any atom is 0.266 e. The molecule has 0 fully saturated rings. The molecule has 0 unspecified atom stereocenters. The van der Waals surface area contributed by atoms with Crippen LogP contribution in [-0.4, -0.2) is 5.91 Å². The second-order valence-corrected chi connectivity index (χ2v) is 5.98. The molecule has 0 spiro atoms. The minimum Gasteiger partial charge on any atom is -0.457 e. The number of amides is 1. The zero-order valence-electron chi connectivity index (χ0n) is 14.8. The Morgan fingerprint density at radius 3 is 2.44 bits per heavy atom. The maximum atomic E-state index is 12.4. The Bertz CT molecular complexity index is 1020. The van der Waals surface area contributed by atoms with Gasteiger partial charge in [-0.05, 0) is 60.5 Å². The molecule has 132 valence electrons. The summed E-state index contributed by atoms with van der Waals surface area (Å²) in [6, 6.07) is 26.0. The van der Waals surface area contributed by atoms with Crippen molar-refractivity contribution in [3.63, 3.8) is 0 Å². The van der Waals surface area contributed by atoms with E-state index in [9.17, 15) is 10.1 Å². The van der Waals surface area contributed by atoms with E-state index in [4.69, 9.17) is 4.74 Å². The molecule has 0 bridgehead atoms. The van der Waals surface area contributed by atoms with E-state index in [0.29, 0.717) is 17.0 Å². The number of carbonyl (C=O) groups is 1. The molecule has 27 heavy (non-hydrogen) atoms. The Labute approximate surface area is 158 Å². The fourth-order valence-corrected chi connectivity index (χ4v) is 2.53. The van der Waals surface area contributed by atoms with E-state index in [1.807, 2.05) is 79.7 Å². The van der Waals surface area contributed by atoms with E-state index < -0.39 is 5.91 Å². The minimum atomic E-state index is -0.447. The quantitative estimate of drug-likeness (QED) is 0.497. The summed E-state index contributed by atoms with van der Waals surface area (Å²) in [4.78, 5) is 12.4. The van der Waals surface area contributed by atoms with Crippen molar-refractivity contribution in [1.29, 1.82) is 5.26 Å². The highest BCUT2D eigenvalue weighted by atomic mass is 16.5. The molecule has 0 heterocycles. The number of benzene rings is 3.